The maximum Gasteiger partial charge on any atom is 0.120 e. The molecule has 0 bridgehead atoms. The molecular formula is C13H18O2. The van der Waals surface area contributed by atoms with E-state index in [0.29, 0.717) is 18.3 Å². The quantitative estimate of drug-likeness (QED) is 0.692. The lowest BCUT2D eigenvalue weighted by atomic mass is 9.86. The van der Waals surface area contributed by atoms with Gasteiger partial charge in [-0.05, 0) is 29.5 Å². The second-order valence-electron chi connectivity index (χ2n) is 4.03. The van der Waals surface area contributed by atoms with Crippen molar-refractivity contribution < 1.29 is 9.53 Å². The van der Waals surface area contributed by atoms with E-state index in [1.807, 2.05) is 24.3 Å². The third kappa shape index (κ3) is 3.08. The van der Waals surface area contributed by atoms with Crippen molar-refractivity contribution in [2.75, 3.05) is 7.11 Å². The van der Waals surface area contributed by atoms with Gasteiger partial charge < -0.3 is 9.53 Å². The highest BCUT2D eigenvalue weighted by atomic mass is 16.5. The molecule has 0 aliphatic heterocycles. The van der Waals surface area contributed by atoms with Crippen LogP contribution in [0.15, 0.2) is 24.3 Å². The number of hydrogen-bond acceptors (Lipinski definition) is 2. The van der Waals surface area contributed by atoms with Gasteiger partial charge in [-0.25, -0.2) is 0 Å². The maximum absolute atomic E-state index is 10.6. The molecule has 1 aromatic rings. The predicted molar refractivity (Wildman–Crippen MR) is 61.3 cm³/mol. The highest BCUT2D eigenvalue weighted by Gasteiger charge is 2.14. The molecule has 0 heterocycles. The molecule has 1 atom stereocenters. The van der Waals surface area contributed by atoms with Crippen LogP contribution in [0.5, 0.6) is 5.75 Å². The number of methoxy groups -OCH3 is 1. The topological polar surface area (TPSA) is 26.3 Å². The second kappa shape index (κ2) is 5.54. The van der Waals surface area contributed by atoms with E-state index < -0.39 is 0 Å². The highest BCUT2D eigenvalue weighted by molar-refractivity contribution is 5.52. The van der Waals surface area contributed by atoms with Gasteiger partial charge in [-0.2, -0.15) is 0 Å². The van der Waals surface area contributed by atoms with Gasteiger partial charge in [-0.1, -0.05) is 26.0 Å². The Hall–Kier alpha value is -1.31. The van der Waals surface area contributed by atoms with Crippen LogP contribution in [0, 0.1) is 5.92 Å². The van der Waals surface area contributed by atoms with E-state index in [1.165, 1.54) is 5.56 Å². The summed E-state index contributed by atoms with van der Waals surface area (Å²) in [4.78, 5) is 10.6. The molecule has 0 aliphatic rings. The summed E-state index contributed by atoms with van der Waals surface area (Å²) in [5.41, 5.74) is 1.21. The summed E-state index contributed by atoms with van der Waals surface area (Å²) in [6.45, 7) is 4.27. The average Bonchev–Trinajstić information content (AvgIpc) is 2.26. The first kappa shape index (κ1) is 11.8. The monoisotopic (exact) mass is 206 g/mol. The molecule has 0 radical (unpaired) electrons. The van der Waals surface area contributed by atoms with E-state index in [4.69, 9.17) is 4.74 Å². The highest BCUT2D eigenvalue weighted by Crippen LogP contribution is 2.28. The molecule has 0 saturated heterocycles. The van der Waals surface area contributed by atoms with Crippen LogP contribution in [-0.4, -0.2) is 13.4 Å². The number of aldehydes is 1. The summed E-state index contributed by atoms with van der Waals surface area (Å²) in [5.74, 6) is 1.64. The van der Waals surface area contributed by atoms with Gasteiger partial charge in [0, 0.05) is 6.42 Å². The molecule has 0 fully saturated rings. The van der Waals surface area contributed by atoms with Gasteiger partial charge in [0.15, 0.2) is 0 Å². The van der Waals surface area contributed by atoms with Crippen LogP contribution in [0.4, 0.5) is 0 Å². The summed E-state index contributed by atoms with van der Waals surface area (Å²) >= 11 is 0. The minimum atomic E-state index is 0.313. The zero-order valence-corrected chi connectivity index (χ0v) is 9.57. The standard InChI is InChI=1S/C13H18O2/c1-10(2)13(8-9-14)11-4-6-12(15-3)7-5-11/h4-7,9-10,13H,8H2,1-3H3/t13-/m1/s1. The SMILES string of the molecule is COc1ccc([C@H](CC=O)C(C)C)cc1. The smallest absolute Gasteiger partial charge is 0.120 e. The average molecular weight is 206 g/mol. The van der Waals surface area contributed by atoms with Gasteiger partial charge in [0.05, 0.1) is 7.11 Å². The van der Waals surface area contributed by atoms with Crippen molar-refractivity contribution in [2.24, 2.45) is 5.92 Å². The van der Waals surface area contributed by atoms with E-state index in [9.17, 15) is 4.79 Å². The van der Waals surface area contributed by atoms with Crippen LogP contribution in [-0.2, 0) is 4.79 Å². The molecule has 0 N–H and O–H groups in total. The van der Waals surface area contributed by atoms with Gasteiger partial charge in [0.1, 0.15) is 12.0 Å². The van der Waals surface area contributed by atoms with E-state index in [2.05, 4.69) is 13.8 Å². The van der Waals surface area contributed by atoms with Crippen LogP contribution in [0.1, 0.15) is 31.7 Å². The molecule has 2 heteroatoms. The van der Waals surface area contributed by atoms with Crippen molar-refractivity contribution in [2.45, 2.75) is 26.2 Å². The number of hydrogen-bond donors (Lipinski definition) is 0. The van der Waals surface area contributed by atoms with Crippen molar-refractivity contribution in [3.05, 3.63) is 29.8 Å². The minimum absolute atomic E-state index is 0.313. The fourth-order valence-corrected chi connectivity index (χ4v) is 1.75. The second-order valence-corrected chi connectivity index (χ2v) is 4.03. The number of rotatable bonds is 5. The molecule has 1 rings (SSSR count). The normalized spacial score (nSPS) is 12.5. The van der Waals surface area contributed by atoms with Gasteiger partial charge >= 0.3 is 0 Å². The van der Waals surface area contributed by atoms with Crippen molar-refractivity contribution in [3.8, 4) is 5.75 Å². The first-order chi connectivity index (χ1) is 7.19. The zero-order chi connectivity index (χ0) is 11.3. The molecule has 0 amide bonds. The van der Waals surface area contributed by atoms with Crippen molar-refractivity contribution in [3.63, 3.8) is 0 Å². The molecule has 2 nitrogen and oxygen atoms in total. The molecule has 0 spiro atoms. The lowest BCUT2D eigenvalue weighted by molar-refractivity contribution is -0.108. The first-order valence-electron chi connectivity index (χ1n) is 5.26. The Morgan fingerprint density at radius 2 is 1.87 bits per heavy atom. The number of carbonyl (C=O) groups excluding carboxylic acids is 1. The van der Waals surface area contributed by atoms with Crippen LogP contribution >= 0.6 is 0 Å². The molecule has 15 heavy (non-hydrogen) atoms. The Bertz CT molecular complexity index is 301. The number of ether oxygens (including phenoxy) is 1. The number of carbonyl (C=O) groups is 1. The zero-order valence-electron chi connectivity index (χ0n) is 9.57. The van der Waals surface area contributed by atoms with Crippen LogP contribution in [0.3, 0.4) is 0 Å². The van der Waals surface area contributed by atoms with E-state index in [1.54, 1.807) is 7.11 Å². The Labute approximate surface area is 91.3 Å². The van der Waals surface area contributed by atoms with Crippen molar-refractivity contribution in [1.82, 2.24) is 0 Å². The van der Waals surface area contributed by atoms with Crippen LogP contribution in [0.25, 0.3) is 0 Å². The van der Waals surface area contributed by atoms with Crippen LogP contribution in [0.2, 0.25) is 0 Å². The van der Waals surface area contributed by atoms with Gasteiger partial charge in [-0.15, -0.1) is 0 Å². The largest absolute Gasteiger partial charge is 0.497 e. The lowest BCUT2D eigenvalue weighted by Crippen LogP contribution is -2.07. The maximum atomic E-state index is 10.6. The van der Waals surface area contributed by atoms with Gasteiger partial charge in [0.25, 0.3) is 0 Å². The van der Waals surface area contributed by atoms with E-state index in [-0.39, 0.29) is 0 Å². The van der Waals surface area contributed by atoms with E-state index >= 15 is 0 Å². The molecule has 0 saturated carbocycles. The van der Waals surface area contributed by atoms with Crippen molar-refractivity contribution in [1.29, 1.82) is 0 Å². The fourth-order valence-electron chi connectivity index (χ4n) is 1.75. The molecular weight excluding hydrogens is 188 g/mol. The summed E-state index contributed by atoms with van der Waals surface area (Å²) in [5, 5.41) is 0. The fraction of sp³-hybridized carbons (Fsp3) is 0.462. The Morgan fingerprint density at radius 3 is 2.27 bits per heavy atom. The third-order valence-corrected chi connectivity index (χ3v) is 2.70. The first-order valence-corrected chi connectivity index (χ1v) is 5.26. The van der Waals surface area contributed by atoms with Gasteiger partial charge in [0.2, 0.25) is 0 Å². The molecule has 0 aromatic heterocycles. The summed E-state index contributed by atoms with van der Waals surface area (Å²) in [7, 11) is 1.65. The van der Waals surface area contributed by atoms with E-state index in [0.717, 1.165) is 12.0 Å². The lowest BCUT2D eigenvalue weighted by Gasteiger charge is -2.18. The summed E-state index contributed by atoms with van der Waals surface area (Å²) in [6, 6.07) is 7.95. The minimum Gasteiger partial charge on any atom is -0.497 e. The molecule has 82 valence electrons. The molecule has 0 aliphatic carbocycles. The Morgan fingerprint density at radius 1 is 1.27 bits per heavy atom. The third-order valence-electron chi connectivity index (χ3n) is 2.70. The summed E-state index contributed by atoms with van der Waals surface area (Å²) < 4.78 is 5.10. The molecule has 1 aromatic carbocycles. The Kier molecular flexibility index (Phi) is 4.35. The van der Waals surface area contributed by atoms with Crippen LogP contribution < -0.4 is 4.74 Å². The van der Waals surface area contributed by atoms with Crippen molar-refractivity contribution >= 4 is 6.29 Å². The summed E-state index contributed by atoms with van der Waals surface area (Å²) in [6.07, 6.45) is 1.58. The Balaban J connectivity index is 2.86. The predicted octanol–water partition coefficient (Wildman–Crippen LogP) is 3.02. The van der Waals surface area contributed by atoms with Gasteiger partial charge in [-0.3, -0.25) is 0 Å². The molecule has 0 unspecified atom stereocenters. The number of benzene rings is 1.